The fourth-order valence-corrected chi connectivity index (χ4v) is 5.67. The summed E-state index contributed by atoms with van der Waals surface area (Å²) in [7, 11) is -1.94. The number of halogens is 1. The highest BCUT2D eigenvalue weighted by Crippen LogP contribution is 2.36. The molecular weight excluding hydrogens is 428 g/mol. The number of hydrogen-bond acceptors (Lipinski definition) is 5. The van der Waals surface area contributed by atoms with Crippen LogP contribution in [0, 0.1) is 0 Å². The van der Waals surface area contributed by atoms with E-state index in [9.17, 15) is 18.3 Å². The van der Waals surface area contributed by atoms with Gasteiger partial charge < -0.3 is 10.0 Å². The van der Waals surface area contributed by atoms with Crippen LogP contribution in [0.5, 0.6) is 0 Å². The highest BCUT2D eigenvalue weighted by molar-refractivity contribution is 7.89. The largest absolute Gasteiger partial charge is 0.480 e. The van der Waals surface area contributed by atoms with Gasteiger partial charge in [0.05, 0.1) is 11.2 Å². The first-order valence-corrected chi connectivity index (χ1v) is 11.3. The molecule has 30 heavy (non-hydrogen) atoms. The van der Waals surface area contributed by atoms with Gasteiger partial charge in [-0.2, -0.15) is 9.40 Å². The van der Waals surface area contributed by atoms with Crippen LogP contribution in [0.2, 0.25) is 5.02 Å². The first-order valence-electron chi connectivity index (χ1n) is 9.50. The molecule has 4 rings (SSSR count). The van der Waals surface area contributed by atoms with Crippen LogP contribution in [0.4, 0.5) is 11.5 Å². The molecule has 0 bridgehead atoms. The highest BCUT2D eigenvalue weighted by atomic mass is 35.5. The van der Waals surface area contributed by atoms with E-state index in [2.05, 4.69) is 5.10 Å². The molecule has 3 aromatic rings. The van der Waals surface area contributed by atoms with E-state index >= 15 is 0 Å². The topological polar surface area (TPSA) is 95.7 Å². The number of hydrogen-bond donors (Lipinski definition) is 1. The van der Waals surface area contributed by atoms with Crippen LogP contribution in [-0.2, 0) is 21.4 Å². The van der Waals surface area contributed by atoms with Gasteiger partial charge >= 0.3 is 5.97 Å². The molecule has 1 aromatic heterocycles. The number of carboxylic acids is 1. The molecule has 2 aromatic carbocycles. The van der Waals surface area contributed by atoms with Crippen LogP contribution < -0.4 is 4.90 Å². The van der Waals surface area contributed by atoms with Crippen LogP contribution in [0.15, 0.2) is 47.4 Å². The van der Waals surface area contributed by atoms with Crippen molar-refractivity contribution in [3.63, 3.8) is 0 Å². The number of fused-ring (bicyclic) bond motifs is 1. The fourth-order valence-electron chi connectivity index (χ4n) is 3.76. The number of benzene rings is 2. The molecule has 1 aliphatic rings. The van der Waals surface area contributed by atoms with Crippen molar-refractivity contribution in [3.8, 4) is 0 Å². The Kier molecular flexibility index (Phi) is 5.44. The third-order valence-electron chi connectivity index (χ3n) is 5.21. The van der Waals surface area contributed by atoms with Gasteiger partial charge in [-0.25, -0.2) is 8.42 Å². The monoisotopic (exact) mass is 448 g/mol. The summed E-state index contributed by atoms with van der Waals surface area (Å²) in [5.41, 5.74) is 1.06. The van der Waals surface area contributed by atoms with Gasteiger partial charge in [-0.1, -0.05) is 23.7 Å². The Hall–Kier alpha value is -2.62. The molecule has 0 saturated carbocycles. The molecule has 1 aliphatic heterocycles. The zero-order valence-corrected chi connectivity index (χ0v) is 17.9. The lowest BCUT2D eigenvalue weighted by molar-refractivity contribution is -0.137. The Labute approximate surface area is 179 Å². The van der Waals surface area contributed by atoms with Crippen LogP contribution in [0.1, 0.15) is 12.8 Å². The highest BCUT2D eigenvalue weighted by Gasteiger charge is 2.31. The summed E-state index contributed by atoms with van der Waals surface area (Å²) in [4.78, 5) is 13.1. The average molecular weight is 449 g/mol. The molecule has 0 amide bonds. The Morgan fingerprint density at radius 1 is 1.20 bits per heavy atom. The van der Waals surface area contributed by atoms with E-state index in [-0.39, 0.29) is 11.4 Å². The van der Waals surface area contributed by atoms with E-state index in [1.54, 1.807) is 54.4 Å². The van der Waals surface area contributed by atoms with Crippen molar-refractivity contribution in [2.75, 3.05) is 25.0 Å². The van der Waals surface area contributed by atoms with E-state index in [4.69, 9.17) is 11.6 Å². The number of para-hydroxylation sites is 1. The van der Waals surface area contributed by atoms with Crippen molar-refractivity contribution in [1.29, 1.82) is 0 Å². The number of carbonyl (C=O) groups is 1. The van der Waals surface area contributed by atoms with Crippen LogP contribution in [0.25, 0.3) is 10.9 Å². The zero-order valence-electron chi connectivity index (χ0n) is 16.3. The Bertz CT molecular complexity index is 1220. The molecule has 10 heteroatoms. The number of aromatic nitrogens is 2. The maximum absolute atomic E-state index is 13.2. The lowest BCUT2D eigenvalue weighted by atomic mass is 10.2. The second-order valence-corrected chi connectivity index (χ2v) is 9.52. The van der Waals surface area contributed by atoms with Gasteiger partial charge in [0, 0.05) is 30.5 Å². The van der Waals surface area contributed by atoms with Gasteiger partial charge in [0.1, 0.15) is 11.4 Å². The van der Waals surface area contributed by atoms with Gasteiger partial charge in [0.15, 0.2) is 5.82 Å². The first-order chi connectivity index (χ1) is 14.3. The van der Waals surface area contributed by atoms with E-state index in [1.165, 1.54) is 8.99 Å². The van der Waals surface area contributed by atoms with Crippen molar-refractivity contribution in [2.24, 2.45) is 0 Å². The number of rotatable bonds is 6. The number of sulfonamides is 1. The third kappa shape index (κ3) is 3.64. The number of anilines is 2. The van der Waals surface area contributed by atoms with E-state index in [1.807, 2.05) is 0 Å². The Balaban J connectivity index is 1.85. The molecule has 0 atom stereocenters. The van der Waals surface area contributed by atoms with Crippen molar-refractivity contribution in [1.82, 2.24) is 14.1 Å². The Morgan fingerprint density at radius 2 is 1.90 bits per heavy atom. The molecule has 2 heterocycles. The first kappa shape index (κ1) is 20.6. The molecule has 0 radical (unpaired) electrons. The van der Waals surface area contributed by atoms with Crippen LogP contribution in [-0.4, -0.2) is 53.7 Å². The lowest BCUT2D eigenvalue weighted by Gasteiger charge is -2.23. The molecule has 158 valence electrons. The molecule has 1 saturated heterocycles. The smallest absolute Gasteiger partial charge is 0.325 e. The summed E-state index contributed by atoms with van der Waals surface area (Å²) in [6, 6.07) is 11.8. The molecule has 0 spiro atoms. The maximum atomic E-state index is 13.2. The van der Waals surface area contributed by atoms with Gasteiger partial charge in [-0.3, -0.25) is 9.48 Å². The summed E-state index contributed by atoms with van der Waals surface area (Å²) in [5.74, 6) is -0.599. The van der Waals surface area contributed by atoms with Gasteiger partial charge in [-0.15, -0.1) is 0 Å². The molecule has 1 fully saturated rings. The summed E-state index contributed by atoms with van der Waals surface area (Å²) in [6.07, 6.45) is 1.69. The van der Waals surface area contributed by atoms with E-state index in [0.717, 1.165) is 12.8 Å². The standard InChI is InChI=1S/C20H21ClN4O4S/c1-23(17-6-2-3-7-18(17)30(28,29)24-10-4-5-11-24)20-15-12-14(21)8-9-16(15)25(22-20)13-19(26)27/h2-3,6-9,12H,4-5,10-11,13H2,1H3,(H,26,27). The minimum Gasteiger partial charge on any atom is -0.480 e. The van der Waals surface area contributed by atoms with Crippen molar-refractivity contribution in [2.45, 2.75) is 24.3 Å². The third-order valence-corrected chi connectivity index (χ3v) is 7.39. The minimum absolute atomic E-state index is 0.192. The number of aliphatic carboxylic acids is 1. The molecule has 1 N–H and O–H groups in total. The van der Waals surface area contributed by atoms with Gasteiger partial charge in [-0.05, 0) is 43.2 Å². The van der Waals surface area contributed by atoms with Crippen molar-refractivity contribution in [3.05, 3.63) is 47.5 Å². The zero-order chi connectivity index (χ0) is 21.5. The lowest BCUT2D eigenvalue weighted by Crippen LogP contribution is -2.29. The van der Waals surface area contributed by atoms with Crippen LogP contribution in [0.3, 0.4) is 0 Å². The molecule has 8 nitrogen and oxygen atoms in total. The van der Waals surface area contributed by atoms with E-state index in [0.29, 0.717) is 40.5 Å². The summed E-state index contributed by atoms with van der Waals surface area (Å²) < 4.78 is 29.3. The Morgan fingerprint density at radius 3 is 2.60 bits per heavy atom. The molecule has 0 unspecified atom stereocenters. The second kappa shape index (κ2) is 7.90. The SMILES string of the molecule is CN(c1ccccc1S(=O)(=O)N1CCCC1)c1nn(CC(=O)O)c2ccc(Cl)cc12. The number of carboxylic acid groups (broad SMARTS) is 1. The van der Waals surface area contributed by atoms with E-state index < -0.39 is 16.0 Å². The van der Waals surface area contributed by atoms with Gasteiger partial charge in [0.25, 0.3) is 0 Å². The van der Waals surface area contributed by atoms with Crippen LogP contribution >= 0.6 is 11.6 Å². The van der Waals surface area contributed by atoms with Crippen molar-refractivity contribution >= 4 is 50.0 Å². The summed E-state index contributed by atoms with van der Waals surface area (Å²) in [5, 5.41) is 14.8. The maximum Gasteiger partial charge on any atom is 0.325 e. The number of nitrogens with zero attached hydrogens (tertiary/aromatic N) is 4. The summed E-state index contributed by atoms with van der Waals surface area (Å²) >= 11 is 6.17. The van der Waals surface area contributed by atoms with Crippen molar-refractivity contribution < 1.29 is 18.3 Å². The average Bonchev–Trinajstić information content (AvgIpc) is 3.36. The molecular formula is C20H21ClN4O4S. The quantitative estimate of drug-likeness (QED) is 0.621. The normalized spacial score (nSPS) is 15.0. The summed E-state index contributed by atoms with van der Waals surface area (Å²) in [6.45, 7) is 0.692. The molecule has 0 aliphatic carbocycles. The van der Waals surface area contributed by atoms with Gasteiger partial charge in [0.2, 0.25) is 10.0 Å². The minimum atomic E-state index is -3.66. The fraction of sp³-hybridized carbons (Fsp3) is 0.300. The predicted molar refractivity (Wildman–Crippen MR) is 115 cm³/mol. The second-order valence-electron chi connectivity index (χ2n) is 7.17. The predicted octanol–water partition coefficient (Wildman–Crippen LogP) is 3.33.